The fourth-order valence-electron chi connectivity index (χ4n) is 2.58. The summed E-state index contributed by atoms with van der Waals surface area (Å²) in [5.74, 6) is 0.0681. The van der Waals surface area contributed by atoms with Crippen molar-refractivity contribution in [1.29, 1.82) is 0 Å². The van der Waals surface area contributed by atoms with Gasteiger partial charge in [0.15, 0.2) is 9.84 Å². The van der Waals surface area contributed by atoms with Gasteiger partial charge in [-0.1, -0.05) is 30.2 Å². The number of carbonyl (C=O) groups excluding carboxylic acids is 1. The molecule has 0 spiro atoms. The highest BCUT2D eigenvalue weighted by Gasteiger charge is 2.21. The first-order chi connectivity index (χ1) is 9.19. The summed E-state index contributed by atoms with van der Waals surface area (Å²) in [5.41, 5.74) is 1.73. The molecule has 1 unspecified atom stereocenters. The standard InChI is InChI=1S/C15H25NO3S/c1-12(9-13(2)11-20(4,18)19)10-14(3)15(17)16-7-5-6-8-16/h9-10,14H,5-8,11H2,1-4H3/b12-10+,13-9+. The number of likely N-dealkylation sites (tertiary alicyclic amines) is 1. The maximum absolute atomic E-state index is 12.2. The van der Waals surface area contributed by atoms with Crippen molar-refractivity contribution < 1.29 is 13.2 Å². The molecule has 4 nitrogen and oxygen atoms in total. The third-order valence-electron chi connectivity index (χ3n) is 3.28. The van der Waals surface area contributed by atoms with Crippen molar-refractivity contribution >= 4 is 15.7 Å². The van der Waals surface area contributed by atoms with Crippen LogP contribution in [0.2, 0.25) is 0 Å². The van der Waals surface area contributed by atoms with Crippen LogP contribution in [0.3, 0.4) is 0 Å². The number of nitrogens with zero attached hydrogens (tertiary/aromatic N) is 1. The summed E-state index contributed by atoms with van der Waals surface area (Å²) in [4.78, 5) is 14.1. The minimum Gasteiger partial charge on any atom is -0.342 e. The molecule has 0 aromatic heterocycles. The number of hydrogen-bond donors (Lipinski definition) is 0. The quantitative estimate of drug-likeness (QED) is 0.731. The van der Waals surface area contributed by atoms with Gasteiger partial charge in [0.05, 0.1) is 11.7 Å². The Labute approximate surface area is 122 Å². The fraction of sp³-hybridized carbons (Fsp3) is 0.667. The van der Waals surface area contributed by atoms with Crippen LogP contribution in [0.1, 0.15) is 33.6 Å². The second-order valence-corrected chi connectivity index (χ2v) is 7.93. The number of amides is 1. The van der Waals surface area contributed by atoms with Gasteiger partial charge in [-0.15, -0.1) is 0 Å². The molecule has 1 saturated heterocycles. The van der Waals surface area contributed by atoms with E-state index in [1.807, 2.05) is 30.9 Å². The molecule has 1 rings (SSSR count). The lowest BCUT2D eigenvalue weighted by atomic mass is 10.1. The summed E-state index contributed by atoms with van der Waals surface area (Å²) in [7, 11) is -3.00. The van der Waals surface area contributed by atoms with E-state index >= 15 is 0 Å². The van der Waals surface area contributed by atoms with E-state index < -0.39 is 9.84 Å². The van der Waals surface area contributed by atoms with E-state index in [0.29, 0.717) is 0 Å². The van der Waals surface area contributed by atoms with Crippen molar-refractivity contribution in [3.05, 3.63) is 23.3 Å². The van der Waals surface area contributed by atoms with Gasteiger partial charge < -0.3 is 4.90 Å². The summed E-state index contributed by atoms with van der Waals surface area (Å²) in [6.45, 7) is 7.31. The van der Waals surface area contributed by atoms with Gasteiger partial charge >= 0.3 is 0 Å². The summed E-state index contributed by atoms with van der Waals surface area (Å²) < 4.78 is 22.4. The molecule has 1 fully saturated rings. The second-order valence-electron chi connectivity index (χ2n) is 5.79. The summed E-state index contributed by atoms with van der Waals surface area (Å²) in [6.07, 6.45) is 7.16. The molecule has 1 atom stereocenters. The molecule has 0 bridgehead atoms. The number of carbonyl (C=O) groups is 1. The molecule has 1 heterocycles. The average Bonchev–Trinajstić information content (AvgIpc) is 2.77. The lowest BCUT2D eigenvalue weighted by molar-refractivity contribution is -0.132. The molecule has 5 heteroatoms. The summed E-state index contributed by atoms with van der Waals surface area (Å²) in [6, 6.07) is 0. The number of rotatable bonds is 5. The molecule has 0 saturated carbocycles. The SMILES string of the molecule is CC(=C\C(C)C(=O)N1CCCC1)/C=C(\C)CS(C)(=O)=O. The average molecular weight is 299 g/mol. The van der Waals surface area contributed by atoms with Crippen molar-refractivity contribution in [3.8, 4) is 0 Å². The van der Waals surface area contributed by atoms with Gasteiger partial charge in [0.2, 0.25) is 5.91 Å². The van der Waals surface area contributed by atoms with E-state index in [0.717, 1.165) is 37.1 Å². The van der Waals surface area contributed by atoms with Crippen LogP contribution in [0, 0.1) is 5.92 Å². The first-order valence-electron chi connectivity index (χ1n) is 7.01. The van der Waals surface area contributed by atoms with Gasteiger partial charge in [-0.05, 0) is 26.7 Å². The van der Waals surface area contributed by atoms with E-state index in [1.165, 1.54) is 6.26 Å². The zero-order valence-corrected chi connectivity index (χ0v) is 13.7. The molecule has 1 aliphatic heterocycles. The highest BCUT2D eigenvalue weighted by Crippen LogP contribution is 2.15. The highest BCUT2D eigenvalue weighted by molar-refractivity contribution is 7.90. The summed E-state index contributed by atoms with van der Waals surface area (Å²) in [5, 5.41) is 0. The minimum absolute atomic E-state index is 0.0621. The Bertz CT molecular complexity index is 511. The fourth-order valence-corrected chi connectivity index (χ4v) is 3.49. The molecule has 0 aromatic carbocycles. The largest absolute Gasteiger partial charge is 0.342 e. The second kappa shape index (κ2) is 7.07. The molecular weight excluding hydrogens is 274 g/mol. The molecule has 0 aromatic rings. The van der Waals surface area contributed by atoms with Gasteiger partial charge in [0, 0.05) is 19.3 Å². The van der Waals surface area contributed by atoms with E-state index in [-0.39, 0.29) is 17.6 Å². The van der Waals surface area contributed by atoms with Crippen LogP contribution < -0.4 is 0 Å². The zero-order chi connectivity index (χ0) is 15.3. The smallest absolute Gasteiger partial charge is 0.229 e. The number of sulfone groups is 1. The van der Waals surface area contributed by atoms with Crippen molar-refractivity contribution in [1.82, 2.24) is 4.90 Å². The lowest BCUT2D eigenvalue weighted by Crippen LogP contribution is -2.31. The Balaban J connectivity index is 2.67. The van der Waals surface area contributed by atoms with Crippen LogP contribution in [0.15, 0.2) is 23.3 Å². The Hall–Kier alpha value is -1.10. The van der Waals surface area contributed by atoms with E-state index in [9.17, 15) is 13.2 Å². The van der Waals surface area contributed by atoms with Gasteiger partial charge in [0.25, 0.3) is 0 Å². The van der Waals surface area contributed by atoms with Crippen molar-refractivity contribution in [3.63, 3.8) is 0 Å². The molecule has 0 radical (unpaired) electrons. The van der Waals surface area contributed by atoms with Crippen LogP contribution >= 0.6 is 0 Å². The maximum atomic E-state index is 12.2. The first-order valence-corrected chi connectivity index (χ1v) is 9.07. The molecule has 20 heavy (non-hydrogen) atoms. The summed E-state index contributed by atoms with van der Waals surface area (Å²) >= 11 is 0. The minimum atomic E-state index is -3.00. The highest BCUT2D eigenvalue weighted by atomic mass is 32.2. The van der Waals surface area contributed by atoms with Gasteiger partial charge in [-0.3, -0.25) is 4.79 Å². The molecular formula is C15H25NO3S. The topological polar surface area (TPSA) is 54.5 Å². The van der Waals surface area contributed by atoms with Gasteiger partial charge in [0.1, 0.15) is 0 Å². The molecule has 0 N–H and O–H groups in total. The Morgan fingerprint density at radius 2 is 1.80 bits per heavy atom. The molecule has 1 aliphatic rings. The molecule has 0 aliphatic carbocycles. The van der Waals surface area contributed by atoms with Crippen LogP contribution in [0.25, 0.3) is 0 Å². The Morgan fingerprint density at radius 3 is 2.30 bits per heavy atom. The first kappa shape index (κ1) is 17.0. The van der Waals surface area contributed by atoms with E-state index in [1.54, 1.807) is 6.92 Å². The van der Waals surface area contributed by atoms with Crippen molar-refractivity contribution in [2.45, 2.75) is 33.6 Å². The van der Waals surface area contributed by atoms with Crippen LogP contribution in [-0.2, 0) is 14.6 Å². The van der Waals surface area contributed by atoms with Crippen molar-refractivity contribution in [2.75, 3.05) is 25.1 Å². The monoisotopic (exact) mass is 299 g/mol. The molecule has 114 valence electrons. The van der Waals surface area contributed by atoms with Gasteiger partial charge in [-0.2, -0.15) is 0 Å². The predicted molar refractivity (Wildman–Crippen MR) is 82.2 cm³/mol. The number of hydrogen-bond acceptors (Lipinski definition) is 3. The van der Waals surface area contributed by atoms with Crippen LogP contribution in [-0.4, -0.2) is 44.3 Å². The van der Waals surface area contributed by atoms with Gasteiger partial charge in [-0.25, -0.2) is 8.42 Å². The van der Waals surface area contributed by atoms with E-state index in [2.05, 4.69) is 0 Å². The zero-order valence-electron chi connectivity index (χ0n) is 12.8. The van der Waals surface area contributed by atoms with Crippen LogP contribution in [0.5, 0.6) is 0 Å². The third kappa shape index (κ3) is 5.90. The Morgan fingerprint density at radius 1 is 1.25 bits per heavy atom. The lowest BCUT2D eigenvalue weighted by Gasteiger charge is -2.18. The van der Waals surface area contributed by atoms with Crippen LogP contribution in [0.4, 0.5) is 0 Å². The third-order valence-corrected chi connectivity index (χ3v) is 4.26. The maximum Gasteiger partial charge on any atom is 0.229 e. The normalized spacial score (nSPS) is 19.3. The number of allylic oxidation sites excluding steroid dienone is 2. The van der Waals surface area contributed by atoms with E-state index in [4.69, 9.17) is 0 Å². The Kier molecular flexibility index (Phi) is 5.99. The molecule has 1 amide bonds. The van der Waals surface area contributed by atoms with Crippen molar-refractivity contribution in [2.24, 2.45) is 5.92 Å². The predicted octanol–water partition coefficient (Wildman–Crippen LogP) is 2.18.